The number of hydrogen-bond acceptors (Lipinski definition) is 7. The second-order valence-electron chi connectivity index (χ2n) is 15.6. The van der Waals surface area contributed by atoms with Crippen LogP contribution in [0.5, 0.6) is 11.8 Å². The van der Waals surface area contributed by atoms with Crippen molar-refractivity contribution in [2.24, 2.45) is 22.2 Å². The molecule has 51 heavy (non-hydrogen) atoms. The Balaban J connectivity index is 1.55. The molecule has 2 saturated heterocycles. The molecule has 1 aromatic heterocycles. The van der Waals surface area contributed by atoms with Gasteiger partial charge < -0.3 is 20.1 Å². The van der Waals surface area contributed by atoms with E-state index in [1.54, 1.807) is 18.2 Å². The number of nitrogens with one attached hydrogen (secondary N) is 1. The van der Waals surface area contributed by atoms with Crippen LogP contribution in [0.1, 0.15) is 116 Å². The van der Waals surface area contributed by atoms with E-state index in [0.29, 0.717) is 36.4 Å². The van der Waals surface area contributed by atoms with Crippen molar-refractivity contribution in [1.29, 1.82) is 0 Å². The molecule has 7 nitrogen and oxygen atoms in total. The SMILES string of the molecule is C/C=C1\C(=NC(C)C)C(c2cc(O)cc3ccc(F)c(CC)c23)=Cc2nc(OCC(C)(CCCC)CCCCC)nc(N3CC4CNCC4C3)c21. The molecule has 8 heteroatoms. The maximum atomic E-state index is 15.4. The number of aliphatic imine (C=N–C) groups is 1. The molecule has 3 aliphatic rings. The molecule has 0 bridgehead atoms. The second kappa shape index (κ2) is 15.9. The highest BCUT2D eigenvalue weighted by Gasteiger charge is 2.40. The normalized spacial score (nSPS) is 21.4. The number of phenolic OH excluding ortho intramolecular Hbond substituents is 1. The van der Waals surface area contributed by atoms with Gasteiger partial charge in [0.25, 0.3) is 0 Å². The molecule has 1 aliphatic carbocycles. The van der Waals surface area contributed by atoms with Gasteiger partial charge in [-0.05, 0) is 98.0 Å². The highest BCUT2D eigenvalue weighted by molar-refractivity contribution is 6.50. The summed E-state index contributed by atoms with van der Waals surface area (Å²) in [4.78, 5) is 18.1. The number of ether oxygens (including phenoxy) is 1. The summed E-state index contributed by atoms with van der Waals surface area (Å²) in [7, 11) is 0. The standard InChI is InChI=1S/C43H58FN5O2/c1-8-12-14-18-43(7,17-13-9-2)26-51-42-47-37-21-35(34-20-31(50)19-28-15-16-36(44)32(10-3)38(28)34)40(46-27(5)6)33(11-4)39(37)41(48-42)49-24-29-22-45-23-30(29)25-49/h11,15-16,19-21,27,29-30,45,50H,8-10,12-14,17-18,22-26H2,1-7H3/b33-11-,46-40?. The fraction of sp³-hybridized carbons (Fsp3) is 0.558. The number of phenols is 1. The zero-order valence-electron chi connectivity index (χ0n) is 31.9. The minimum absolute atomic E-state index is 0.0106. The smallest absolute Gasteiger partial charge is 0.318 e. The minimum atomic E-state index is -0.248. The summed E-state index contributed by atoms with van der Waals surface area (Å²) >= 11 is 0. The van der Waals surface area contributed by atoms with E-state index in [-0.39, 0.29) is 23.0 Å². The Hall–Kier alpha value is -3.78. The summed E-state index contributed by atoms with van der Waals surface area (Å²) in [5.41, 5.74) is 5.71. The highest BCUT2D eigenvalue weighted by atomic mass is 19.1. The molecule has 3 atom stereocenters. The van der Waals surface area contributed by atoms with Crippen molar-refractivity contribution < 1.29 is 14.2 Å². The molecule has 0 saturated carbocycles. The molecule has 2 aliphatic heterocycles. The minimum Gasteiger partial charge on any atom is -0.508 e. The average Bonchev–Trinajstić information content (AvgIpc) is 3.72. The van der Waals surface area contributed by atoms with E-state index in [1.807, 2.05) is 13.8 Å². The van der Waals surface area contributed by atoms with E-state index in [0.717, 1.165) is 95.7 Å². The molecule has 2 fully saturated rings. The van der Waals surface area contributed by atoms with Crippen LogP contribution < -0.4 is 15.0 Å². The molecule has 6 rings (SSSR count). The van der Waals surface area contributed by atoms with Gasteiger partial charge in [-0.3, -0.25) is 4.99 Å². The van der Waals surface area contributed by atoms with E-state index in [1.165, 1.54) is 31.7 Å². The molecule has 274 valence electrons. The molecule has 0 radical (unpaired) electrons. The lowest BCUT2D eigenvalue weighted by Gasteiger charge is -2.31. The number of unbranched alkanes of at least 4 members (excludes halogenated alkanes) is 3. The van der Waals surface area contributed by atoms with Crippen molar-refractivity contribution in [3.05, 3.63) is 58.5 Å². The molecule has 3 aromatic rings. The lowest BCUT2D eigenvalue weighted by molar-refractivity contribution is 0.126. The Labute approximate surface area is 304 Å². The van der Waals surface area contributed by atoms with Crippen molar-refractivity contribution in [3.63, 3.8) is 0 Å². The van der Waals surface area contributed by atoms with E-state index in [9.17, 15) is 5.11 Å². The van der Waals surface area contributed by atoms with Crippen LogP contribution in [0.4, 0.5) is 10.2 Å². The number of fused-ring (bicyclic) bond motifs is 3. The van der Waals surface area contributed by atoms with Crippen LogP contribution in [-0.2, 0) is 6.42 Å². The number of hydrogen-bond donors (Lipinski definition) is 2. The van der Waals surface area contributed by atoms with Gasteiger partial charge in [-0.1, -0.05) is 71.9 Å². The second-order valence-corrected chi connectivity index (χ2v) is 15.6. The third kappa shape index (κ3) is 7.72. The zero-order chi connectivity index (χ0) is 36.3. The predicted octanol–water partition coefficient (Wildman–Crippen LogP) is 9.66. The average molecular weight is 696 g/mol. The number of nitrogens with zero attached hydrogens (tertiary/aromatic N) is 4. The first-order valence-corrected chi connectivity index (χ1v) is 19.5. The Bertz CT molecular complexity index is 1820. The van der Waals surface area contributed by atoms with Gasteiger partial charge in [-0.2, -0.15) is 9.97 Å². The number of halogens is 1. The van der Waals surface area contributed by atoms with Crippen LogP contribution in [0, 0.1) is 23.1 Å². The van der Waals surface area contributed by atoms with Crippen molar-refractivity contribution in [2.75, 3.05) is 37.7 Å². The molecule has 0 amide bonds. The molecule has 0 spiro atoms. The Kier molecular flexibility index (Phi) is 11.5. The van der Waals surface area contributed by atoms with Gasteiger partial charge in [0.1, 0.15) is 17.4 Å². The van der Waals surface area contributed by atoms with Crippen LogP contribution in [0.3, 0.4) is 0 Å². The number of anilines is 1. The van der Waals surface area contributed by atoms with Crippen LogP contribution in [0.2, 0.25) is 0 Å². The number of aromatic nitrogens is 2. The number of aromatic hydroxyl groups is 1. The third-order valence-electron chi connectivity index (χ3n) is 11.2. The van der Waals surface area contributed by atoms with Gasteiger partial charge in [0.05, 0.1) is 23.6 Å². The predicted molar refractivity (Wildman–Crippen MR) is 210 cm³/mol. The molecular weight excluding hydrogens is 638 g/mol. The molecule has 2 aromatic carbocycles. The topological polar surface area (TPSA) is 82.9 Å². The summed E-state index contributed by atoms with van der Waals surface area (Å²) in [5, 5.41) is 16.2. The molecule has 3 heterocycles. The van der Waals surface area contributed by atoms with Gasteiger partial charge in [0, 0.05) is 48.8 Å². The quantitative estimate of drug-likeness (QED) is 0.164. The number of benzene rings is 2. The maximum Gasteiger partial charge on any atom is 0.318 e. The summed E-state index contributed by atoms with van der Waals surface area (Å²) < 4.78 is 22.1. The van der Waals surface area contributed by atoms with Gasteiger partial charge in [0.2, 0.25) is 0 Å². The summed E-state index contributed by atoms with van der Waals surface area (Å²) in [5.74, 6) is 1.92. The first-order chi connectivity index (χ1) is 24.6. The van der Waals surface area contributed by atoms with Crippen LogP contribution in [-0.4, -0.2) is 59.6 Å². The van der Waals surface area contributed by atoms with Crippen LogP contribution >= 0.6 is 0 Å². The first-order valence-electron chi connectivity index (χ1n) is 19.5. The lowest BCUT2D eigenvalue weighted by atomic mass is 9.81. The van der Waals surface area contributed by atoms with Gasteiger partial charge >= 0.3 is 6.01 Å². The van der Waals surface area contributed by atoms with Gasteiger partial charge in [-0.15, -0.1) is 0 Å². The number of aryl methyl sites for hydroxylation is 1. The largest absolute Gasteiger partial charge is 0.508 e. The summed E-state index contributed by atoms with van der Waals surface area (Å²) in [6.07, 6.45) is 12.9. The van der Waals surface area contributed by atoms with Crippen molar-refractivity contribution in [1.82, 2.24) is 15.3 Å². The number of rotatable bonds is 14. The van der Waals surface area contributed by atoms with Crippen molar-refractivity contribution in [3.8, 4) is 11.8 Å². The highest BCUT2D eigenvalue weighted by Crippen LogP contribution is 2.45. The first kappa shape index (κ1) is 37.0. The molecule has 3 unspecified atom stereocenters. The van der Waals surface area contributed by atoms with E-state index in [2.05, 4.69) is 57.0 Å². The van der Waals surface area contributed by atoms with E-state index >= 15 is 4.39 Å². The lowest BCUT2D eigenvalue weighted by Crippen LogP contribution is -2.30. The fourth-order valence-corrected chi connectivity index (χ4v) is 8.45. The third-order valence-corrected chi connectivity index (χ3v) is 11.2. The van der Waals surface area contributed by atoms with E-state index < -0.39 is 0 Å². The van der Waals surface area contributed by atoms with Crippen LogP contribution in [0.25, 0.3) is 28.0 Å². The monoisotopic (exact) mass is 695 g/mol. The summed E-state index contributed by atoms with van der Waals surface area (Å²) in [6.45, 7) is 19.5. The Morgan fingerprint density at radius 2 is 1.78 bits per heavy atom. The fourth-order valence-electron chi connectivity index (χ4n) is 8.45. The summed E-state index contributed by atoms with van der Waals surface area (Å²) in [6, 6.07) is 7.10. The molecular formula is C43H58FN5O2. The van der Waals surface area contributed by atoms with Gasteiger partial charge in [-0.25, -0.2) is 4.39 Å². The Morgan fingerprint density at radius 1 is 1.06 bits per heavy atom. The van der Waals surface area contributed by atoms with Crippen LogP contribution in [0.15, 0.2) is 35.3 Å². The Morgan fingerprint density at radius 3 is 2.45 bits per heavy atom. The number of allylic oxidation sites excluding steroid dienone is 3. The maximum absolute atomic E-state index is 15.4. The van der Waals surface area contributed by atoms with E-state index in [4.69, 9.17) is 19.7 Å². The van der Waals surface area contributed by atoms with Gasteiger partial charge in [0.15, 0.2) is 0 Å². The van der Waals surface area contributed by atoms with Crippen molar-refractivity contribution in [2.45, 2.75) is 106 Å². The zero-order valence-corrected chi connectivity index (χ0v) is 31.9. The van der Waals surface area contributed by atoms with Crippen molar-refractivity contribution >= 4 is 39.5 Å². The molecule has 2 N–H and O–H groups in total.